The van der Waals surface area contributed by atoms with Crippen LogP contribution >= 0.6 is 11.3 Å². The number of nitrogens with zero attached hydrogens (tertiary/aromatic N) is 3. The minimum atomic E-state index is -0.00159. The van der Waals surface area contributed by atoms with Gasteiger partial charge in [-0.15, -0.1) is 11.3 Å². The van der Waals surface area contributed by atoms with Crippen molar-refractivity contribution in [1.29, 1.82) is 0 Å². The number of hydrogen-bond donors (Lipinski definition) is 2. The number of carbonyl (C=O) groups excluding carboxylic acids is 1. The van der Waals surface area contributed by atoms with Crippen LogP contribution in [-0.4, -0.2) is 64.6 Å². The Labute approximate surface area is 134 Å². The first-order chi connectivity index (χ1) is 10.7. The summed E-state index contributed by atoms with van der Waals surface area (Å²) in [4.78, 5) is 20.8. The smallest absolute Gasteiger partial charge is 0.273 e. The molecule has 0 unspecified atom stereocenters. The Balaban J connectivity index is 1.53. The number of aromatic nitrogens is 1. The summed E-state index contributed by atoms with van der Waals surface area (Å²) in [6.45, 7) is 3.97. The third-order valence-corrected chi connectivity index (χ3v) is 5.49. The van der Waals surface area contributed by atoms with E-state index in [0.717, 1.165) is 45.4 Å². The molecular formula is C15H24N4O2S. The molecule has 6 nitrogen and oxygen atoms in total. The van der Waals surface area contributed by atoms with Crippen molar-refractivity contribution < 1.29 is 9.90 Å². The zero-order valence-electron chi connectivity index (χ0n) is 12.8. The van der Waals surface area contributed by atoms with Crippen molar-refractivity contribution in [3.8, 4) is 0 Å². The van der Waals surface area contributed by atoms with Crippen molar-refractivity contribution in [1.82, 2.24) is 14.8 Å². The van der Waals surface area contributed by atoms with Crippen LogP contribution in [-0.2, 0) is 0 Å². The molecule has 2 aliphatic rings. The number of carbonyl (C=O) groups is 1. The molecule has 0 saturated carbocycles. The third kappa shape index (κ3) is 3.42. The maximum atomic E-state index is 12.4. The van der Waals surface area contributed by atoms with E-state index in [9.17, 15) is 9.90 Å². The van der Waals surface area contributed by atoms with E-state index in [1.54, 1.807) is 5.38 Å². The number of rotatable bonds is 3. The number of thiazole rings is 1. The lowest BCUT2D eigenvalue weighted by molar-refractivity contribution is 0.0452. The first-order valence-corrected chi connectivity index (χ1v) is 8.90. The van der Waals surface area contributed by atoms with Gasteiger partial charge in [0.05, 0.1) is 0 Å². The summed E-state index contributed by atoms with van der Waals surface area (Å²) in [6, 6.07) is 0.541. The molecular weight excluding hydrogens is 300 g/mol. The zero-order chi connectivity index (χ0) is 15.5. The van der Waals surface area contributed by atoms with Gasteiger partial charge >= 0.3 is 0 Å². The summed E-state index contributed by atoms with van der Waals surface area (Å²) in [7, 11) is 0. The van der Waals surface area contributed by atoms with Crippen LogP contribution in [0.1, 0.15) is 36.2 Å². The Bertz CT molecular complexity index is 513. The minimum Gasteiger partial charge on any atom is -0.396 e. The molecule has 1 atom stereocenters. The van der Waals surface area contributed by atoms with Crippen molar-refractivity contribution in [2.75, 3.05) is 38.5 Å². The van der Waals surface area contributed by atoms with Crippen LogP contribution in [0.4, 0.5) is 5.13 Å². The highest BCUT2D eigenvalue weighted by Gasteiger charge is 2.30. The summed E-state index contributed by atoms with van der Waals surface area (Å²) < 4.78 is 0. The average molecular weight is 324 g/mol. The fraction of sp³-hybridized carbons (Fsp3) is 0.733. The number of anilines is 1. The molecule has 0 bridgehead atoms. The highest BCUT2D eigenvalue weighted by molar-refractivity contribution is 7.13. The lowest BCUT2D eigenvalue weighted by atomic mass is 9.94. The first-order valence-electron chi connectivity index (χ1n) is 8.02. The highest BCUT2D eigenvalue weighted by Crippen LogP contribution is 2.24. The van der Waals surface area contributed by atoms with Gasteiger partial charge in [-0.2, -0.15) is 0 Å². The number of hydrogen-bond acceptors (Lipinski definition) is 6. The molecule has 1 aromatic rings. The Kier molecular flexibility index (Phi) is 4.95. The van der Waals surface area contributed by atoms with Crippen molar-refractivity contribution in [3.05, 3.63) is 11.1 Å². The highest BCUT2D eigenvalue weighted by atomic mass is 32.1. The van der Waals surface area contributed by atoms with Gasteiger partial charge in [-0.3, -0.25) is 9.69 Å². The summed E-state index contributed by atoms with van der Waals surface area (Å²) in [5, 5.41) is 11.5. The number of aliphatic hydroxyl groups excluding tert-OH is 1. The molecule has 0 aliphatic carbocycles. The van der Waals surface area contributed by atoms with Gasteiger partial charge in [-0.05, 0) is 38.1 Å². The van der Waals surface area contributed by atoms with Gasteiger partial charge in [0.25, 0.3) is 5.91 Å². The van der Waals surface area contributed by atoms with Gasteiger partial charge in [0.1, 0.15) is 5.69 Å². The molecule has 7 heteroatoms. The molecule has 0 aromatic carbocycles. The Morgan fingerprint density at radius 1 is 1.36 bits per heavy atom. The molecule has 3 rings (SSSR count). The molecule has 2 fully saturated rings. The molecule has 3 N–H and O–H groups in total. The molecule has 122 valence electrons. The molecule has 3 heterocycles. The number of piperidine rings is 2. The lowest BCUT2D eigenvalue weighted by Crippen LogP contribution is -2.50. The van der Waals surface area contributed by atoms with E-state index in [0.29, 0.717) is 29.4 Å². The second-order valence-electron chi connectivity index (χ2n) is 6.28. The maximum absolute atomic E-state index is 12.4. The van der Waals surface area contributed by atoms with Gasteiger partial charge in [0, 0.05) is 37.7 Å². The lowest BCUT2D eigenvalue weighted by Gasteiger charge is -2.42. The van der Waals surface area contributed by atoms with Gasteiger partial charge in [0.2, 0.25) is 0 Å². The Morgan fingerprint density at radius 3 is 2.77 bits per heavy atom. The largest absolute Gasteiger partial charge is 0.396 e. The second-order valence-corrected chi connectivity index (χ2v) is 7.17. The number of nitrogen functional groups attached to an aromatic ring is 1. The fourth-order valence-corrected chi connectivity index (χ4v) is 4.10. The summed E-state index contributed by atoms with van der Waals surface area (Å²) in [5.74, 6) is 0.421. The van der Waals surface area contributed by atoms with Gasteiger partial charge in [-0.25, -0.2) is 4.98 Å². The quantitative estimate of drug-likeness (QED) is 0.868. The van der Waals surface area contributed by atoms with Crippen molar-refractivity contribution >= 4 is 22.4 Å². The van der Waals surface area contributed by atoms with Crippen LogP contribution in [0.3, 0.4) is 0 Å². The monoisotopic (exact) mass is 324 g/mol. The number of aliphatic hydroxyl groups is 1. The van der Waals surface area contributed by atoms with E-state index < -0.39 is 0 Å². The van der Waals surface area contributed by atoms with Crippen LogP contribution in [0.2, 0.25) is 0 Å². The molecule has 0 radical (unpaired) electrons. The summed E-state index contributed by atoms with van der Waals surface area (Å²) >= 11 is 1.31. The molecule has 1 amide bonds. The summed E-state index contributed by atoms with van der Waals surface area (Å²) in [5.41, 5.74) is 6.07. The van der Waals surface area contributed by atoms with E-state index >= 15 is 0 Å². The van der Waals surface area contributed by atoms with Crippen LogP contribution in [0.15, 0.2) is 5.38 Å². The fourth-order valence-electron chi connectivity index (χ4n) is 3.56. The van der Waals surface area contributed by atoms with Crippen LogP contribution in [0, 0.1) is 5.92 Å². The van der Waals surface area contributed by atoms with E-state index in [-0.39, 0.29) is 5.91 Å². The van der Waals surface area contributed by atoms with E-state index in [1.165, 1.54) is 17.8 Å². The molecule has 2 saturated heterocycles. The minimum absolute atomic E-state index is 0.00159. The zero-order valence-corrected chi connectivity index (χ0v) is 13.6. The van der Waals surface area contributed by atoms with Gasteiger partial charge < -0.3 is 15.7 Å². The van der Waals surface area contributed by atoms with Crippen LogP contribution < -0.4 is 5.73 Å². The molecule has 0 spiro atoms. The van der Waals surface area contributed by atoms with E-state index in [1.807, 2.05) is 4.90 Å². The number of nitrogens with two attached hydrogens (primary N) is 1. The van der Waals surface area contributed by atoms with Crippen LogP contribution in [0.5, 0.6) is 0 Å². The molecule has 2 aliphatic heterocycles. The predicted molar refractivity (Wildman–Crippen MR) is 86.8 cm³/mol. The Morgan fingerprint density at radius 2 is 2.14 bits per heavy atom. The van der Waals surface area contributed by atoms with Gasteiger partial charge in [-0.1, -0.05) is 0 Å². The topological polar surface area (TPSA) is 82.7 Å². The molecule has 22 heavy (non-hydrogen) atoms. The SMILES string of the molecule is Nc1nc(C(=O)N2CCC(N3CCC[C@H](CO)C3)CC2)cs1. The Hall–Kier alpha value is -1.18. The predicted octanol–water partition coefficient (Wildman–Crippen LogP) is 1.03. The average Bonchev–Trinajstić information content (AvgIpc) is 3.01. The van der Waals surface area contributed by atoms with Crippen molar-refractivity contribution in [2.45, 2.75) is 31.7 Å². The molecule has 1 aromatic heterocycles. The van der Waals surface area contributed by atoms with Crippen LogP contribution in [0.25, 0.3) is 0 Å². The van der Waals surface area contributed by atoms with Gasteiger partial charge in [0.15, 0.2) is 5.13 Å². The number of amides is 1. The van der Waals surface area contributed by atoms with Crippen molar-refractivity contribution in [2.24, 2.45) is 5.92 Å². The second kappa shape index (κ2) is 6.93. The van der Waals surface area contributed by atoms with Crippen molar-refractivity contribution in [3.63, 3.8) is 0 Å². The third-order valence-electron chi connectivity index (χ3n) is 4.82. The standard InChI is InChI=1S/C15H24N4O2S/c16-15-17-13(10-22-15)14(21)18-6-3-12(4-7-18)19-5-1-2-11(8-19)9-20/h10-12,20H,1-9H2,(H2,16,17)/t11-/m0/s1. The van der Waals surface area contributed by atoms with E-state index in [2.05, 4.69) is 9.88 Å². The number of likely N-dealkylation sites (tertiary alicyclic amines) is 2. The summed E-state index contributed by atoms with van der Waals surface area (Å²) in [6.07, 6.45) is 4.31. The maximum Gasteiger partial charge on any atom is 0.273 e. The first kappa shape index (κ1) is 15.7. The van der Waals surface area contributed by atoms with E-state index in [4.69, 9.17) is 5.73 Å². The normalized spacial score (nSPS) is 24.6.